The lowest BCUT2D eigenvalue weighted by molar-refractivity contribution is 0.0789. The molecule has 0 saturated carbocycles. The molecule has 0 saturated heterocycles. The molecule has 0 fully saturated rings. The summed E-state index contributed by atoms with van der Waals surface area (Å²) in [5.41, 5.74) is 0.563. The molecule has 3 aromatic carbocycles. The van der Waals surface area contributed by atoms with Gasteiger partial charge in [0.1, 0.15) is 24.2 Å². The fourth-order valence-electron chi connectivity index (χ4n) is 2.77. The summed E-state index contributed by atoms with van der Waals surface area (Å²) in [4.78, 5) is 12.4. The van der Waals surface area contributed by atoms with Crippen LogP contribution in [0.2, 0.25) is 0 Å². The van der Waals surface area contributed by atoms with Crippen molar-refractivity contribution in [3.63, 3.8) is 0 Å². The van der Waals surface area contributed by atoms with E-state index in [1.165, 1.54) is 0 Å². The first kappa shape index (κ1) is 17.0. The van der Waals surface area contributed by atoms with Crippen molar-refractivity contribution in [2.45, 2.75) is 6.10 Å². The van der Waals surface area contributed by atoms with E-state index in [9.17, 15) is 4.79 Å². The summed E-state index contributed by atoms with van der Waals surface area (Å²) in [7, 11) is 0. The number of carbonyl (C=O) groups excluding carboxylic acids is 1. The molecule has 1 atom stereocenters. The monoisotopic (exact) mass is 361 g/mol. The Kier molecular flexibility index (Phi) is 4.92. The van der Waals surface area contributed by atoms with Crippen LogP contribution in [-0.2, 0) is 0 Å². The molecule has 3 aromatic rings. The number of para-hydroxylation sites is 3. The number of fused-ring (bicyclic) bond motifs is 1. The Morgan fingerprint density at radius 3 is 2.33 bits per heavy atom. The van der Waals surface area contributed by atoms with Crippen LogP contribution in [0.3, 0.4) is 0 Å². The fraction of sp³-hybridized carbons (Fsp3) is 0.136. The summed E-state index contributed by atoms with van der Waals surface area (Å²) in [5.74, 6) is 2.70. The Balaban J connectivity index is 1.31. The van der Waals surface area contributed by atoms with Gasteiger partial charge in [-0.1, -0.05) is 30.3 Å². The zero-order valence-electron chi connectivity index (χ0n) is 14.6. The maximum absolute atomic E-state index is 12.4. The van der Waals surface area contributed by atoms with Crippen molar-refractivity contribution in [3.05, 3.63) is 84.4 Å². The van der Waals surface area contributed by atoms with Gasteiger partial charge in [0.05, 0.1) is 6.54 Å². The predicted molar refractivity (Wildman–Crippen MR) is 102 cm³/mol. The molecule has 0 radical (unpaired) electrons. The highest BCUT2D eigenvalue weighted by Gasteiger charge is 2.21. The summed E-state index contributed by atoms with van der Waals surface area (Å²) in [6, 6.07) is 24.0. The molecular weight excluding hydrogens is 342 g/mol. The van der Waals surface area contributed by atoms with Crippen LogP contribution in [0.25, 0.3) is 0 Å². The summed E-state index contributed by atoms with van der Waals surface area (Å²) >= 11 is 0. The second kappa shape index (κ2) is 7.83. The molecule has 1 aliphatic rings. The van der Waals surface area contributed by atoms with Gasteiger partial charge in [0.25, 0.3) is 5.91 Å². The van der Waals surface area contributed by atoms with Crippen LogP contribution in [0.15, 0.2) is 78.9 Å². The molecule has 1 heterocycles. The minimum Gasteiger partial charge on any atom is -0.486 e. The summed E-state index contributed by atoms with van der Waals surface area (Å²) in [6.07, 6.45) is -0.218. The minimum atomic E-state index is -0.218. The number of hydrogen-bond acceptors (Lipinski definition) is 4. The van der Waals surface area contributed by atoms with Gasteiger partial charge in [-0.2, -0.15) is 0 Å². The van der Waals surface area contributed by atoms with Crippen molar-refractivity contribution in [1.29, 1.82) is 0 Å². The number of ether oxygens (including phenoxy) is 3. The van der Waals surface area contributed by atoms with Gasteiger partial charge in [0, 0.05) is 5.56 Å². The zero-order chi connectivity index (χ0) is 18.5. The standard InChI is InChI=1S/C22H19NO4/c24-22(23-14-19-15-25-20-8-4-5-9-21(20)27-19)16-10-12-18(13-11-16)26-17-6-2-1-3-7-17/h1-13,19H,14-15H2,(H,23,24). The fourth-order valence-corrected chi connectivity index (χ4v) is 2.77. The summed E-state index contributed by atoms with van der Waals surface area (Å²) in [6.45, 7) is 0.774. The molecule has 5 nitrogen and oxygen atoms in total. The second-order valence-corrected chi connectivity index (χ2v) is 6.15. The largest absolute Gasteiger partial charge is 0.486 e. The molecular formula is C22H19NO4. The molecule has 4 rings (SSSR count). The van der Waals surface area contributed by atoms with Gasteiger partial charge >= 0.3 is 0 Å². The van der Waals surface area contributed by atoms with Crippen molar-refractivity contribution in [2.24, 2.45) is 0 Å². The van der Waals surface area contributed by atoms with Crippen LogP contribution in [0.4, 0.5) is 0 Å². The molecule has 136 valence electrons. The predicted octanol–water partition coefficient (Wildman–Crippen LogP) is 4.05. The number of benzene rings is 3. The van der Waals surface area contributed by atoms with Crippen molar-refractivity contribution in [1.82, 2.24) is 5.32 Å². The summed E-state index contributed by atoms with van der Waals surface area (Å²) < 4.78 is 17.2. The van der Waals surface area contributed by atoms with E-state index in [-0.39, 0.29) is 12.0 Å². The number of amides is 1. The molecule has 27 heavy (non-hydrogen) atoms. The Morgan fingerprint density at radius 2 is 1.56 bits per heavy atom. The third kappa shape index (κ3) is 4.20. The maximum Gasteiger partial charge on any atom is 0.251 e. The van der Waals surface area contributed by atoms with Crippen molar-refractivity contribution in [2.75, 3.05) is 13.2 Å². The topological polar surface area (TPSA) is 56.8 Å². The van der Waals surface area contributed by atoms with Crippen molar-refractivity contribution < 1.29 is 19.0 Å². The van der Waals surface area contributed by atoms with Gasteiger partial charge in [-0.25, -0.2) is 0 Å². The van der Waals surface area contributed by atoms with Gasteiger partial charge < -0.3 is 19.5 Å². The molecule has 1 N–H and O–H groups in total. The first-order valence-corrected chi connectivity index (χ1v) is 8.77. The van der Waals surface area contributed by atoms with Gasteiger partial charge in [0.15, 0.2) is 11.5 Å². The maximum atomic E-state index is 12.4. The van der Waals surface area contributed by atoms with Crippen molar-refractivity contribution in [3.8, 4) is 23.0 Å². The van der Waals surface area contributed by atoms with Crippen LogP contribution in [0, 0.1) is 0 Å². The molecule has 1 aliphatic heterocycles. The van der Waals surface area contributed by atoms with Crippen LogP contribution >= 0.6 is 0 Å². The van der Waals surface area contributed by atoms with Crippen molar-refractivity contribution >= 4 is 5.91 Å². The van der Waals surface area contributed by atoms with Crippen LogP contribution < -0.4 is 19.5 Å². The smallest absolute Gasteiger partial charge is 0.251 e. The first-order chi connectivity index (χ1) is 13.3. The third-order valence-electron chi connectivity index (χ3n) is 4.15. The first-order valence-electron chi connectivity index (χ1n) is 8.77. The highest BCUT2D eigenvalue weighted by Crippen LogP contribution is 2.30. The van der Waals surface area contributed by atoms with Gasteiger partial charge in [0.2, 0.25) is 0 Å². The molecule has 1 unspecified atom stereocenters. The lowest BCUT2D eigenvalue weighted by Crippen LogP contribution is -2.40. The van der Waals surface area contributed by atoms with E-state index in [4.69, 9.17) is 14.2 Å². The lowest BCUT2D eigenvalue weighted by atomic mass is 10.2. The van der Waals surface area contributed by atoms with Crippen LogP contribution in [0.5, 0.6) is 23.0 Å². The normalized spacial score (nSPS) is 15.0. The van der Waals surface area contributed by atoms with E-state index >= 15 is 0 Å². The van der Waals surface area contributed by atoms with E-state index in [1.54, 1.807) is 24.3 Å². The highest BCUT2D eigenvalue weighted by atomic mass is 16.6. The minimum absolute atomic E-state index is 0.163. The zero-order valence-corrected chi connectivity index (χ0v) is 14.6. The number of nitrogens with one attached hydrogen (secondary N) is 1. The van der Waals surface area contributed by atoms with E-state index < -0.39 is 0 Å². The highest BCUT2D eigenvalue weighted by molar-refractivity contribution is 5.94. The Bertz CT molecular complexity index is 909. The lowest BCUT2D eigenvalue weighted by Gasteiger charge is -2.26. The summed E-state index contributed by atoms with van der Waals surface area (Å²) in [5, 5.41) is 2.88. The second-order valence-electron chi connectivity index (χ2n) is 6.15. The van der Waals surface area contributed by atoms with E-state index in [0.29, 0.717) is 30.2 Å². The number of hydrogen-bond donors (Lipinski definition) is 1. The number of carbonyl (C=O) groups is 1. The SMILES string of the molecule is O=C(NCC1COc2ccccc2O1)c1ccc(Oc2ccccc2)cc1. The molecule has 0 bridgehead atoms. The number of rotatable bonds is 5. The molecule has 1 amide bonds. The van der Waals surface area contributed by atoms with Crippen LogP contribution in [-0.4, -0.2) is 25.2 Å². The average Bonchev–Trinajstić information content (AvgIpc) is 2.73. The van der Waals surface area contributed by atoms with E-state index in [0.717, 1.165) is 11.5 Å². The molecule has 0 aliphatic carbocycles. The van der Waals surface area contributed by atoms with Crippen LogP contribution in [0.1, 0.15) is 10.4 Å². The third-order valence-corrected chi connectivity index (χ3v) is 4.15. The van der Waals surface area contributed by atoms with Gasteiger partial charge in [-0.15, -0.1) is 0 Å². The Hall–Kier alpha value is -3.47. The van der Waals surface area contributed by atoms with Gasteiger partial charge in [-0.3, -0.25) is 4.79 Å². The van der Waals surface area contributed by atoms with E-state index in [1.807, 2.05) is 54.6 Å². The molecule has 0 spiro atoms. The quantitative estimate of drug-likeness (QED) is 0.745. The molecule has 0 aromatic heterocycles. The molecule has 5 heteroatoms. The average molecular weight is 361 g/mol. The van der Waals surface area contributed by atoms with Gasteiger partial charge in [-0.05, 0) is 48.5 Å². The Labute approximate surface area is 157 Å². The van der Waals surface area contributed by atoms with E-state index in [2.05, 4.69) is 5.32 Å². The Morgan fingerprint density at radius 1 is 0.889 bits per heavy atom.